The molecule has 6 rings (SSSR count). The van der Waals surface area contributed by atoms with Crippen molar-refractivity contribution < 1.29 is 4.74 Å². The number of ether oxygens (including phenoxy) is 1. The highest BCUT2D eigenvalue weighted by Crippen LogP contribution is 2.45. The summed E-state index contributed by atoms with van der Waals surface area (Å²) in [7, 11) is 0. The molecule has 2 nitrogen and oxygen atoms in total. The zero-order valence-electron chi connectivity index (χ0n) is 19.4. The molecule has 0 unspecified atom stereocenters. The van der Waals surface area contributed by atoms with Crippen LogP contribution in [0.15, 0.2) is 72.8 Å². The fourth-order valence-electron chi connectivity index (χ4n) is 5.96. The van der Waals surface area contributed by atoms with Gasteiger partial charge < -0.3 is 4.74 Å². The van der Waals surface area contributed by atoms with Crippen LogP contribution in [0.4, 0.5) is 0 Å². The largest absolute Gasteiger partial charge is 0.372 e. The summed E-state index contributed by atoms with van der Waals surface area (Å²) in [4.78, 5) is 2.66. The van der Waals surface area contributed by atoms with Gasteiger partial charge in [-0.1, -0.05) is 89.5 Å². The van der Waals surface area contributed by atoms with Crippen LogP contribution in [0.3, 0.4) is 0 Å². The van der Waals surface area contributed by atoms with E-state index < -0.39 is 0 Å². The van der Waals surface area contributed by atoms with E-state index in [0.29, 0.717) is 12.5 Å². The number of benzene rings is 3. The van der Waals surface area contributed by atoms with E-state index >= 15 is 0 Å². The van der Waals surface area contributed by atoms with Crippen molar-refractivity contribution in [1.29, 1.82) is 0 Å². The highest BCUT2D eigenvalue weighted by atomic mass is 35.5. The standard InChI is InChI=1S/C29H32ClNO.ClH/c1-20-16-21(2)18-22(17-20)19-32-29-24-12-14-31(15-13-24)28(29)27(23-8-4-3-5-9-23)25-10-6-7-11-26(25)30;/h3-11,16-18,24,27-29H,12-15,19H2,1-2H3;1H/t27-,28-,29-;/m1./s1. The topological polar surface area (TPSA) is 12.5 Å². The smallest absolute Gasteiger partial charge is 0.0773 e. The lowest BCUT2D eigenvalue weighted by Gasteiger charge is -2.53. The van der Waals surface area contributed by atoms with Crippen LogP contribution in [0, 0.1) is 19.8 Å². The van der Waals surface area contributed by atoms with Crippen LogP contribution >= 0.6 is 24.0 Å². The third-order valence-corrected chi connectivity index (χ3v) is 7.61. The minimum Gasteiger partial charge on any atom is -0.372 e. The van der Waals surface area contributed by atoms with Crippen molar-refractivity contribution >= 4 is 24.0 Å². The lowest BCUT2D eigenvalue weighted by molar-refractivity contribution is -0.120. The number of piperidine rings is 3. The third-order valence-electron chi connectivity index (χ3n) is 7.26. The third kappa shape index (κ3) is 5.15. The Morgan fingerprint density at radius 1 is 0.909 bits per heavy atom. The molecule has 3 saturated heterocycles. The van der Waals surface area contributed by atoms with Gasteiger partial charge in [-0.3, -0.25) is 4.90 Å². The van der Waals surface area contributed by atoms with Crippen molar-refractivity contribution in [3.05, 3.63) is 106 Å². The molecule has 3 heterocycles. The molecular weight excluding hydrogens is 449 g/mol. The number of nitrogens with zero attached hydrogens (tertiary/aromatic N) is 1. The van der Waals surface area contributed by atoms with E-state index in [4.69, 9.17) is 16.3 Å². The molecule has 0 N–H and O–H groups in total. The predicted molar refractivity (Wildman–Crippen MR) is 140 cm³/mol. The van der Waals surface area contributed by atoms with Crippen LogP contribution in [0.1, 0.15) is 46.6 Å². The molecule has 0 spiro atoms. The van der Waals surface area contributed by atoms with E-state index in [1.165, 1.54) is 40.7 Å². The van der Waals surface area contributed by atoms with Crippen LogP contribution < -0.4 is 0 Å². The number of halogens is 2. The summed E-state index contributed by atoms with van der Waals surface area (Å²) in [6.45, 7) is 7.28. The Morgan fingerprint density at radius 3 is 2.21 bits per heavy atom. The molecule has 3 aromatic rings. The Kier molecular flexibility index (Phi) is 7.81. The van der Waals surface area contributed by atoms with Crippen LogP contribution in [-0.2, 0) is 11.3 Å². The van der Waals surface area contributed by atoms with Crippen molar-refractivity contribution in [2.24, 2.45) is 5.92 Å². The van der Waals surface area contributed by atoms with Crippen LogP contribution in [-0.4, -0.2) is 30.1 Å². The monoisotopic (exact) mass is 481 g/mol. The van der Waals surface area contributed by atoms with Crippen LogP contribution in [0.5, 0.6) is 0 Å². The summed E-state index contributed by atoms with van der Waals surface area (Å²) in [5, 5.41) is 0.844. The van der Waals surface area contributed by atoms with E-state index in [2.05, 4.69) is 79.4 Å². The zero-order chi connectivity index (χ0) is 22.1. The molecule has 4 heteroatoms. The first kappa shape index (κ1) is 24.3. The van der Waals surface area contributed by atoms with E-state index in [1.807, 2.05) is 12.1 Å². The van der Waals surface area contributed by atoms with Gasteiger partial charge in [-0.25, -0.2) is 0 Å². The molecule has 0 aromatic heterocycles. The summed E-state index contributed by atoms with van der Waals surface area (Å²) in [6.07, 6.45) is 2.63. The van der Waals surface area contributed by atoms with Gasteiger partial charge in [0.15, 0.2) is 0 Å². The maximum Gasteiger partial charge on any atom is 0.0773 e. The van der Waals surface area contributed by atoms with Gasteiger partial charge in [0.05, 0.1) is 12.7 Å². The van der Waals surface area contributed by atoms with E-state index in [0.717, 1.165) is 18.1 Å². The Labute approximate surface area is 209 Å². The predicted octanol–water partition coefficient (Wildman–Crippen LogP) is 7.19. The van der Waals surface area contributed by atoms with Gasteiger partial charge in [0.2, 0.25) is 0 Å². The molecule has 3 fully saturated rings. The number of hydrogen-bond donors (Lipinski definition) is 0. The molecule has 0 aliphatic carbocycles. The normalized spacial score (nSPS) is 24.8. The van der Waals surface area contributed by atoms with Crippen molar-refractivity contribution in [1.82, 2.24) is 4.90 Å². The molecule has 3 atom stereocenters. The van der Waals surface area contributed by atoms with Crippen LogP contribution in [0.25, 0.3) is 0 Å². The zero-order valence-corrected chi connectivity index (χ0v) is 21.0. The lowest BCUT2D eigenvalue weighted by Crippen LogP contribution is -2.60. The number of hydrogen-bond acceptors (Lipinski definition) is 2. The molecule has 2 bridgehead atoms. The summed E-state index contributed by atoms with van der Waals surface area (Å²) in [5.74, 6) is 0.793. The van der Waals surface area contributed by atoms with E-state index in [9.17, 15) is 0 Å². The van der Waals surface area contributed by atoms with Gasteiger partial charge >= 0.3 is 0 Å². The van der Waals surface area contributed by atoms with E-state index in [1.54, 1.807) is 0 Å². The molecule has 3 aromatic carbocycles. The van der Waals surface area contributed by atoms with Gasteiger partial charge in [-0.2, -0.15) is 0 Å². The molecule has 0 amide bonds. The molecule has 0 radical (unpaired) electrons. The Hall–Kier alpha value is -1.84. The average Bonchev–Trinajstić information content (AvgIpc) is 2.80. The van der Waals surface area contributed by atoms with Gasteiger partial charge in [-0.15, -0.1) is 12.4 Å². The Bertz CT molecular complexity index is 1040. The molecule has 3 aliphatic rings. The van der Waals surface area contributed by atoms with Gasteiger partial charge in [-0.05, 0) is 68.5 Å². The fraction of sp³-hybridized carbons (Fsp3) is 0.379. The number of fused-ring (bicyclic) bond motifs is 3. The lowest BCUT2D eigenvalue weighted by atomic mass is 9.72. The van der Waals surface area contributed by atoms with Gasteiger partial charge in [0, 0.05) is 17.0 Å². The SMILES string of the molecule is Cc1cc(C)cc(CO[C@@H]2C3CCN(CC3)[C@@H]2[C@H](c2ccccc2)c2ccccc2Cl)c1.Cl. The Balaban J connectivity index is 0.00000259. The molecular formula is C29H33Cl2NO. The molecule has 33 heavy (non-hydrogen) atoms. The van der Waals surface area contributed by atoms with Crippen molar-refractivity contribution in [3.63, 3.8) is 0 Å². The number of aryl methyl sites for hydroxylation is 2. The maximum absolute atomic E-state index is 6.80. The minimum absolute atomic E-state index is 0. The van der Waals surface area contributed by atoms with Crippen molar-refractivity contribution in [2.45, 2.75) is 51.4 Å². The minimum atomic E-state index is 0. The summed E-state index contributed by atoms with van der Waals surface area (Å²) >= 11 is 6.79. The summed E-state index contributed by atoms with van der Waals surface area (Å²) in [5.41, 5.74) is 6.39. The van der Waals surface area contributed by atoms with Crippen molar-refractivity contribution in [2.75, 3.05) is 13.1 Å². The molecule has 3 aliphatic heterocycles. The second-order valence-corrected chi connectivity index (χ2v) is 9.95. The first-order valence-electron chi connectivity index (χ1n) is 11.8. The first-order valence-corrected chi connectivity index (χ1v) is 12.2. The summed E-state index contributed by atoms with van der Waals surface area (Å²) in [6, 6.07) is 26.2. The molecule has 174 valence electrons. The van der Waals surface area contributed by atoms with Crippen LogP contribution in [0.2, 0.25) is 5.02 Å². The maximum atomic E-state index is 6.80. The highest BCUT2D eigenvalue weighted by Gasteiger charge is 2.47. The van der Waals surface area contributed by atoms with E-state index in [-0.39, 0.29) is 30.5 Å². The first-order chi connectivity index (χ1) is 15.6. The second-order valence-electron chi connectivity index (χ2n) is 9.55. The Morgan fingerprint density at radius 2 is 1.55 bits per heavy atom. The van der Waals surface area contributed by atoms with Gasteiger partial charge in [0.25, 0.3) is 0 Å². The second kappa shape index (κ2) is 10.6. The highest BCUT2D eigenvalue weighted by molar-refractivity contribution is 6.31. The average molecular weight is 482 g/mol. The fourth-order valence-corrected chi connectivity index (χ4v) is 6.21. The van der Waals surface area contributed by atoms with Gasteiger partial charge in [0.1, 0.15) is 0 Å². The van der Waals surface area contributed by atoms with Crippen molar-refractivity contribution in [3.8, 4) is 0 Å². The molecule has 0 saturated carbocycles. The quantitative estimate of drug-likeness (QED) is 0.369. The number of rotatable bonds is 6. The summed E-state index contributed by atoms with van der Waals surface area (Å²) < 4.78 is 6.80.